The van der Waals surface area contributed by atoms with Crippen LogP contribution in [0.25, 0.3) is 0 Å². The van der Waals surface area contributed by atoms with Gasteiger partial charge in [0.1, 0.15) is 0 Å². The van der Waals surface area contributed by atoms with Gasteiger partial charge in [-0.2, -0.15) is 11.8 Å². The third-order valence-electron chi connectivity index (χ3n) is 2.77. The van der Waals surface area contributed by atoms with E-state index in [2.05, 4.69) is 31.4 Å². The first-order valence-electron chi connectivity index (χ1n) is 7.19. The molecule has 2 atom stereocenters. The Kier molecular flexibility index (Phi) is 10.3. The molecule has 0 saturated heterocycles. The molecule has 0 aliphatic carbocycles. The van der Waals surface area contributed by atoms with Crippen molar-refractivity contribution in [3.05, 3.63) is 0 Å². The minimum Gasteiger partial charge on any atom is -0.481 e. The molecule has 0 fully saturated rings. The van der Waals surface area contributed by atoms with Gasteiger partial charge in [0, 0.05) is 24.8 Å². The van der Waals surface area contributed by atoms with Gasteiger partial charge in [0.05, 0.1) is 0 Å². The second-order valence-electron chi connectivity index (χ2n) is 5.51. The summed E-state index contributed by atoms with van der Waals surface area (Å²) in [4.78, 5) is 22.5. The van der Waals surface area contributed by atoms with Crippen LogP contribution in [-0.4, -0.2) is 41.2 Å². The van der Waals surface area contributed by atoms with Crippen molar-refractivity contribution in [2.24, 2.45) is 11.8 Å². The number of carboxylic acid groups (broad SMARTS) is 1. The van der Waals surface area contributed by atoms with Crippen LogP contribution in [0.5, 0.6) is 0 Å². The first-order chi connectivity index (χ1) is 9.35. The van der Waals surface area contributed by atoms with Crippen molar-refractivity contribution in [1.29, 1.82) is 0 Å². The lowest BCUT2D eigenvalue weighted by molar-refractivity contribution is -0.138. The molecule has 1 unspecified atom stereocenters. The van der Waals surface area contributed by atoms with Crippen LogP contribution >= 0.6 is 11.8 Å². The van der Waals surface area contributed by atoms with E-state index in [-0.39, 0.29) is 24.4 Å². The van der Waals surface area contributed by atoms with Crippen LogP contribution in [0, 0.1) is 11.8 Å². The average molecular weight is 304 g/mol. The fraction of sp³-hybridized carbons (Fsp3) is 0.857. The zero-order valence-electron chi connectivity index (χ0n) is 12.9. The normalized spacial score (nSPS) is 13.8. The van der Waals surface area contributed by atoms with Gasteiger partial charge >= 0.3 is 12.0 Å². The van der Waals surface area contributed by atoms with Crippen molar-refractivity contribution < 1.29 is 14.7 Å². The summed E-state index contributed by atoms with van der Waals surface area (Å²) in [6.45, 7) is 8.56. The number of hydrogen-bond donors (Lipinski definition) is 3. The van der Waals surface area contributed by atoms with Crippen LogP contribution in [0.15, 0.2) is 0 Å². The van der Waals surface area contributed by atoms with Gasteiger partial charge in [0.2, 0.25) is 0 Å². The number of nitrogens with one attached hydrogen (secondary N) is 2. The fourth-order valence-corrected chi connectivity index (χ4v) is 2.67. The largest absolute Gasteiger partial charge is 0.481 e. The summed E-state index contributed by atoms with van der Waals surface area (Å²) in [5.74, 6) is 1.50. The highest BCUT2D eigenvalue weighted by atomic mass is 32.2. The van der Waals surface area contributed by atoms with Crippen molar-refractivity contribution in [2.75, 3.05) is 18.1 Å². The van der Waals surface area contributed by atoms with Gasteiger partial charge in [-0.25, -0.2) is 4.79 Å². The van der Waals surface area contributed by atoms with E-state index >= 15 is 0 Å². The average Bonchev–Trinajstić information content (AvgIpc) is 2.32. The van der Waals surface area contributed by atoms with Crippen molar-refractivity contribution >= 4 is 23.8 Å². The number of aliphatic carboxylic acids is 1. The molecule has 5 nitrogen and oxygen atoms in total. The molecule has 0 aromatic heterocycles. The molecule has 20 heavy (non-hydrogen) atoms. The Morgan fingerprint density at radius 1 is 1.25 bits per heavy atom. The van der Waals surface area contributed by atoms with Gasteiger partial charge < -0.3 is 15.7 Å². The van der Waals surface area contributed by atoms with E-state index in [1.165, 1.54) is 0 Å². The Morgan fingerprint density at radius 3 is 2.40 bits per heavy atom. The molecule has 0 aromatic rings. The van der Waals surface area contributed by atoms with E-state index in [1.54, 1.807) is 11.8 Å². The molecule has 0 spiro atoms. The Hall–Kier alpha value is -0.910. The SMILES string of the molecule is CCSCC(C)NC(=O)NC[C@H](CC(=O)O)CC(C)C. The van der Waals surface area contributed by atoms with Crippen LogP contribution < -0.4 is 10.6 Å². The van der Waals surface area contributed by atoms with Crippen LogP contribution in [0.4, 0.5) is 4.79 Å². The number of urea groups is 1. The Morgan fingerprint density at radius 2 is 1.90 bits per heavy atom. The molecular formula is C14H28N2O3S. The summed E-state index contributed by atoms with van der Waals surface area (Å²) < 4.78 is 0. The number of carbonyl (C=O) groups excluding carboxylic acids is 1. The molecule has 6 heteroatoms. The highest BCUT2D eigenvalue weighted by Crippen LogP contribution is 2.14. The molecule has 0 aromatic carbocycles. The quantitative estimate of drug-likeness (QED) is 0.579. The molecule has 0 radical (unpaired) electrons. The molecule has 2 amide bonds. The van der Waals surface area contributed by atoms with E-state index in [0.29, 0.717) is 12.5 Å². The summed E-state index contributed by atoms with van der Waals surface area (Å²) >= 11 is 1.78. The van der Waals surface area contributed by atoms with Crippen molar-refractivity contribution in [3.8, 4) is 0 Å². The molecule has 0 rings (SSSR count). The molecule has 118 valence electrons. The molecule has 0 heterocycles. The third kappa shape index (κ3) is 11.0. The minimum absolute atomic E-state index is 0.0152. The summed E-state index contributed by atoms with van der Waals surface area (Å²) in [5, 5.41) is 14.5. The smallest absolute Gasteiger partial charge is 0.315 e. The Labute approximate surface area is 126 Å². The number of carboxylic acids is 1. The first kappa shape index (κ1) is 19.1. The third-order valence-corrected chi connectivity index (χ3v) is 3.91. The van der Waals surface area contributed by atoms with E-state index in [4.69, 9.17) is 5.11 Å². The van der Waals surface area contributed by atoms with Gasteiger partial charge in [-0.05, 0) is 30.9 Å². The van der Waals surface area contributed by atoms with Crippen LogP contribution in [-0.2, 0) is 4.79 Å². The van der Waals surface area contributed by atoms with Gasteiger partial charge in [0.15, 0.2) is 0 Å². The minimum atomic E-state index is -0.814. The number of hydrogen-bond acceptors (Lipinski definition) is 3. The molecule has 0 bridgehead atoms. The summed E-state index contributed by atoms with van der Waals surface area (Å²) in [6, 6.07) is -0.101. The van der Waals surface area contributed by atoms with E-state index < -0.39 is 5.97 Å². The number of carbonyl (C=O) groups is 2. The zero-order valence-corrected chi connectivity index (χ0v) is 13.8. The van der Waals surface area contributed by atoms with Gasteiger partial charge in [0.25, 0.3) is 0 Å². The first-order valence-corrected chi connectivity index (χ1v) is 8.34. The van der Waals surface area contributed by atoms with Crippen molar-refractivity contribution in [1.82, 2.24) is 10.6 Å². The number of rotatable bonds is 10. The van der Waals surface area contributed by atoms with Gasteiger partial charge in [-0.15, -0.1) is 0 Å². The maximum atomic E-state index is 11.7. The summed E-state index contributed by atoms with van der Waals surface area (Å²) in [7, 11) is 0. The maximum Gasteiger partial charge on any atom is 0.315 e. The second-order valence-corrected chi connectivity index (χ2v) is 6.83. The zero-order chi connectivity index (χ0) is 15.5. The molecular weight excluding hydrogens is 276 g/mol. The monoisotopic (exact) mass is 304 g/mol. The van der Waals surface area contributed by atoms with Gasteiger partial charge in [-0.1, -0.05) is 20.8 Å². The van der Waals surface area contributed by atoms with Gasteiger partial charge in [-0.3, -0.25) is 4.79 Å². The molecule has 3 N–H and O–H groups in total. The molecule has 0 aliphatic rings. The summed E-state index contributed by atoms with van der Waals surface area (Å²) in [5.41, 5.74) is 0. The van der Waals surface area contributed by atoms with E-state index in [9.17, 15) is 9.59 Å². The lowest BCUT2D eigenvalue weighted by Gasteiger charge is -2.19. The van der Waals surface area contributed by atoms with E-state index in [0.717, 1.165) is 17.9 Å². The van der Waals surface area contributed by atoms with E-state index in [1.807, 2.05) is 6.92 Å². The van der Waals surface area contributed by atoms with Crippen molar-refractivity contribution in [3.63, 3.8) is 0 Å². The lowest BCUT2D eigenvalue weighted by atomic mass is 9.94. The lowest BCUT2D eigenvalue weighted by Crippen LogP contribution is -2.43. The van der Waals surface area contributed by atoms with Crippen LogP contribution in [0.1, 0.15) is 40.5 Å². The second kappa shape index (κ2) is 10.8. The Balaban J connectivity index is 4.06. The van der Waals surface area contributed by atoms with Crippen molar-refractivity contribution in [2.45, 2.75) is 46.6 Å². The predicted octanol–water partition coefficient (Wildman–Crippen LogP) is 2.56. The fourth-order valence-electron chi connectivity index (χ4n) is 2.00. The highest BCUT2D eigenvalue weighted by Gasteiger charge is 2.16. The molecule has 0 saturated carbocycles. The molecule has 0 aliphatic heterocycles. The number of amides is 2. The number of thioether (sulfide) groups is 1. The van der Waals surface area contributed by atoms with Crippen LogP contribution in [0.2, 0.25) is 0 Å². The topological polar surface area (TPSA) is 78.4 Å². The summed E-state index contributed by atoms with van der Waals surface area (Å²) in [6.07, 6.45) is 0.896. The predicted molar refractivity (Wildman–Crippen MR) is 84.2 cm³/mol. The highest BCUT2D eigenvalue weighted by molar-refractivity contribution is 7.99. The standard InChI is InChI=1S/C14H28N2O3S/c1-5-20-9-11(4)16-14(19)15-8-12(6-10(2)3)7-13(17)18/h10-12H,5-9H2,1-4H3,(H,17,18)(H2,15,16,19)/t11?,12-/m0/s1. The maximum absolute atomic E-state index is 11.7. The van der Waals surface area contributed by atoms with Crippen LogP contribution in [0.3, 0.4) is 0 Å². The Bertz CT molecular complexity index is 298.